The predicted octanol–water partition coefficient (Wildman–Crippen LogP) is 5.15. The highest BCUT2D eigenvalue weighted by molar-refractivity contribution is 6.02. The van der Waals surface area contributed by atoms with Crippen LogP contribution >= 0.6 is 0 Å². The Hall–Kier alpha value is -3.28. The third-order valence-electron chi connectivity index (χ3n) is 4.93. The van der Waals surface area contributed by atoms with Gasteiger partial charge in [-0.1, -0.05) is 31.0 Å². The zero-order chi connectivity index (χ0) is 21.2. The first kappa shape index (κ1) is 21.4. The van der Waals surface area contributed by atoms with E-state index in [1.807, 2.05) is 36.1 Å². The van der Waals surface area contributed by atoms with Crippen molar-refractivity contribution in [3.05, 3.63) is 60.2 Å². The van der Waals surface area contributed by atoms with Crippen LogP contribution in [0.25, 0.3) is 6.08 Å². The van der Waals surface area contributed by atoms with Crippen LogP contribution < -0.4 is 15.4 Å². The molecule has 6 heteroatoms. The summed E-state index contributed by atoms with van der Waals surface area (Å²) in [5.74, 6) is 0.510. The fraction of sp³-hybridized carbons (Fsp3) is 0.333. The van der Waals surface area contributed by atoms with E-state index >= 15 is 0 Å². The number of para-hydroxylation sites is 1. The second kappa shape index (κ2) is 11.0. The van der Waals surface area contributed by atoms with Crippen LogP contribution in [0.3, 0.4) is 0 Å². The highest BCUT2D eigenvalue weighted by Gasteiger charge is 2.15. The highest BCUT2D eigenvalue weighted by Crippen LogP contribution is 2.20. The van der Waals surface area contributed by atoms with Crippen molar-refractivity contribution < 1.29 is 14.3 Å². The Balaban J connectivity index is 1.53. The summed E-state index contributed by atoms with van der Waals surface area (Å²) in [4.78, 5) is 26.5. The van der Waals surface area contributed by atoms with Gasteiger partial charge in [-0.25, -0.2) is 4.79 Å². The van der Waals surface area contributed by atoms with Crippen molar-refractivity contribution in [2.45, 2.75) is 32.6 Å². The van der Waals surface area contributed by atoms with E-state index in [9.17, 15) is 9.59 Å². The van der Waals surface area contributed by atoms with Gasteiger partial charge in [-0.15, -0.1) is 0 Å². The number of carbonyl (C=O) groups is 2. The molecule has 2 N–H and O–H groups in total. The van der Waals surface area contributed by atoms with Crippen LogP contribution in [-0.4, -0.2) is 36.5 Å². The molecular formula is C24H29N3O3. The molecule has 30 heavy (non-hydrogen) atoms. The predicted molar refractivity (Wildman–Crippen MR) is 121 cm³/mol. The number of urea groups is 1. The normalized spacial score (nSPS) is 14.2. The lowest BCUT2D eigenvalue weighted by atomic mass is 10.2. The van der Waals surface area contributed by atoms with E-state index < -0.39 is 0 Å². The van der Waals surface area contributed by atoms with Crippen molar-refractivity contribution in [3.63, 3.8) is 0 Å². The fourth-order valence-corrected chi connectivity index (χ4v) is 3.37. The van der Waals surface area contributed by atoms with E-state index in [1.54, 1.807) is 30.3 Å². The maximum absolute atomic E-state index is 12.4. The first-order valence-electron chi connectivity index (χ1n) is 10.5. The number of nitrogens with zero attached hydrogens (tertiary/aromatic N) is 1. The Bertz CT molecular complexity index is 870. The summed E-state index contributed by atoms with van der Waals surface area (Å²) in [6, 6.07) is 14.6. The van der Waals surface area contributed by atoms with Crippen LogP contribution in [0.2, 0.25) is 0 Å². The minimum absolute atomic E-state index is 0.0652. The van der Waals surface area contributed by atoms with E-state index in [2.05, 4.69) is 10.6 Å². The van der Waals surface area contributed by atoms with Crippen molar-refractivity contribution >= 4 is 29.4 Å². The lowest BCUT2D eigenvalue weighted by Gasteiger charge is -2.20. The average Bonchev–Trinajstić information content (AvgIpc) is 3.04. The van der Waals surface area contributed by atoms with Gasteiger partial charge in [-0.2, -0.15) is 0 Å². The van der Waals surface area contributed by atoms with E-state index in [1.165, 1.54) is 18.9 Å². The zero-order valence-electron chi connectivity index (χ0n) is 17.4. The van der Waals surface area contributed by atoms with Crippen molar-refractivity contribution in [1.82, 2.24) is 4.90 Å². The Morgan fingerprint density at radius 1 is 0.933 bits per heavy atom. The van der Waals surface area contributed by atoms with Crippen LogP contribution in [0.1, 0.15) is 38.2 Å². The van der Waals surface area contributed by atoms with Crippen LogP contribution in [0, 0.1) is 0 Å². The largest absolute Gasteiger partial charge is 0.493 e. The topological polar surface area (TPSA) is 70.7 Å². The molecule has 2 aromatic carbocycles. The van der Waals surface area contributed by atoms with E-state index in [0.29, 0.717) is 18.0 Å². The SMILES string of the molecule is CCOc1ccccc1/C=C/C(=O)Nc1ccc(NC(=O)N2CCCCCC2)cc1. The number of anilines is 2. The van der Waals surface area contributed by atoms with Crippen LogP contribution in [0.15, 0.2) is 54.6 Å². The standard InChI is InChI=1S/C24H29N3O3/c1-2-30-22-10-6-5-9-19(22)11-16-23(28)25-20-12-14-21(15-13-20)26-24(29)27-17-7-3-4-8-18-27/h5-6,9-16H,2-4,7-8,17-18H2,1H3,(H,25,28)(H,26,29)/b16-11+. The van der Waals surface area contributed by atoms with Crippen molar-refractivity contribution in [1.29, 1.82) is 0 Å². The summed E-state index contributed by atoms with van der Waals surface area (Å²) >= 11 is 0. The number of ether oxygens (including phenoxy) is 1. The Morgan fingerprint density at radius 2 is 1.57 bits per heavy atom. The van der Waals surface area contributed by atoms with Gasteiger partial charge in [0.25, 0.3) is 0 Å². The number of likely N-dealkylation sites (tertiary alicyclic amines) is 1. The summed E-state index contributed by atoms with van der Waals surface area (Å²) in [5.41, 5.74) is 2.22. The smallest absolute Gasteiger partial charge is 0.321 e. The molecule has 0 aromatic heterocycles. The molecule has 0 saturated carbocycles. The fourth-order valence-electron chi connectivity index (χ4n) is 3.37. The number of amides is 3. The molecule has 1 aliphatic rings. The minimum atomic E-state index is -0.234. The minimum Gasteiger partial charge on any atom is -0.493 e. The molecule has 0 unspecified atom stereocenters. The van der Waals surface area contributed by atoms with Gasteiger partial charge < -0.3 is 20.3 Å². The summed E-state index contributed by atoms with van der Waals surface area (Å²) < 4.78 is 5.56. The van der Waals surface area contributed by atoms with E-state index in [4.69, 9.17) is 4.74 Å². The lowest BCUT2D eigenvalue weighted by molar-refractivity contribution is -0.111. The van der Waals surface area contributed by atoms with Gasteiger partial charge in [0, 0.05) is 36.1 Å². The van der Waals surface area contributed by atoms with Gasteiger partial charge in [-0.05, 0) is 56.2 Å². The van der Waals surface area contributed by atoms with Crippen molar-refractivity contribution in [2.75, 3.05) is 30.3 Å². The first-order chi connectivity index (χ1) is 14.7. The van der Waals surface area contributed by atoms with Crippen LogP contribution in [0.5, 0.6) is 5.75 Å². The molecule has 1 aliphatic heterocycles. The quantitative estimate of drug-likeness (QED) is 0.651. The molecule has 3 amide bonds. The zero-order valence-corrected chi connectivity index (χ0v) is 17.4. The van der Waals surface area contributed by atoms with Crippen molar-refractivity contribution in [3.8, 4) is 5.75 Å². The molecule has 1 fully saturated rings. The van der Waals surface area contributed by atoms with E-state index in [0.717, 1.165) is 37.2 Å². The molecule has 0 radical (unpaired) electrons. The number of hydrogen-bond donors (Lipinski definition) is 2. The van der Waals surface area contributed by atoms with E-state index in [-0.39, 0.29) is 11.9 Å². The van der Waals surface area contributed by atoms with Gasteiger partial charge >= 0.3 is 6.03 Å². The Kier molecular flexibility index (Phi) is 7.89. The average molecular weight is 408 g/mol. The number of benzene rings is 2. The summed E-state index contributed by atoms with van der Waals surface area (Å²) in [6.07, 6.45) is 7.69. The third kappa shape index (κ3) is 6.37. The molecule has 2 aromatic rings. The third-order valence-corrected chi connectivity index (χ3v) is 4.93. The molecule has 0 aliphatic carbocycles. The van der Waals surface area contributed by atoms with Gasteiger partial charge in [0.2, 0.25) is 5.91 Å². The van der Waals surface area contributed by atoms with Crippen LogP contribution in [-0.2, 0) is 4.79 Å². The second-order valence-corrected chi connectivity index (χ2v) is 7.20. The molecule has 0 atom stereocenters. The summed E-state index contributed by atoms with van der Waals surface area (Å²) in [6.45, 7) is 4.10. The number of carbonyl (C=O) groups excluding carboxylic acids is 2. The lowest BCUT2D eigenvalue weighted by Crippen LogP contribution is -2.35. The van der Waals surface area contributed by atoms with Gasteiger partial charge in [0.15, 0.2) is 0 Å². The second-order valence-electron chi connectivity index (χ2n) is 7.20. The molecule has 1 heterocycles. The summed E-state index contributed by atoms with van der Waals surface area (Å²) in [5, 5.41) is 5.76. The number of hydrogen-bond acceptors (Lipinski definition) is 3. The maximum Gasteiger partial charge on any atom is 0.321 e. The number of nitrogens with one attached hydrogen (secondary N) is 2. The molecule has 158 valence electrons. The molecule has 1 saturated heterocycles. The van der Waals surface area contributed by atoms with Gasteiger partial charge in [0.1, 0.15) is 5.75 Å². The Morgan fingerprint density at radius 3 is 2.23 bits per heavy atom. The molecule has 0 spiro atoms. The maximum atomic E-state index is 12.4. The molecular weight excluding hydrogens is 378 g/mol. The van der Waals surface area contributed by atoms with Gasteiger partial charge in [0.05, 0.1) is 6.61 Å². The highest BCUT2D eigenvalue weighted by atomic mass is 16.5. The molecule has 3 rings (SSSR count). The van der Waals surface area contributed by atoms with Gasteiger partial charge in [-0.3, -0.25) is 4.79 Å². The Labute approximate surface area is 177 Å². The summed E-state index contributed by atoms with van der Waals surface area (Å²) in [7, 11) is 0. The monoisotopic (exact) mass is 407 g/mol. The first-order valence-corrected chi connectivity index (χ1v) is 10.5. The number of rotatable bonds is 6. The molecule has 6 nitrogen and oxygen atoms in total. The van der Waals surface area contributed by atoms with Crippen molar-refractivity contribution in [2.24, 2.45) is 0 Å². The molecule has 0 bridgehead atoms. The van der Waals surface area contributed by atoms with Crippen LogP contribution in [0.4, 0.5) is 16.2 Å².